The fourth-order valence-corrected chi connectivity index (χ4v) is 2.54. The predicted octanol–water partition coefficient (Wildman–Crippen LogP) is 2.32. The molecule has 78 valence electrons. The number of Topliss-reactive ketones (excluding diaryl/α,β-unsaturated/α-hetero) is 1. The zero-order chi connectivity index (χ0) is 10.8. The summed E-state index contributed by atoms with van der Waals surface area (Å²) in [5.74, 6) is 0.896. The average Bonchev–Trinajstić information content (AvgIpc) is 2.18. The summed E-state index contributed by atoms with van der Waals surface area (Å²) in [6, 6.07) is 5.47. The highest BCUT2D eigenvalue weighted by atomic mass is 32.2. The van der Waals surface area contributed by atoms with Crippen molar-refractivity contribution in [3.63, 3.8) is 0 Å². The second-order valence-electron chi connectivity index (χ2n) is 3.41. The van der Waals surface area contributed by atoms with Gasteiger partial charge in [-0.15, -0.1) is 11.8 Å². The lowest BCUT2D eigenvalue weighted by atomic mass is 10.1. The van der Waals surface area contributed by atoms with Crippen LogP contribution < -0.4 is 5.32 Å². The van der Waals surface area contributed by atoms with Crippen molar-refractivity contribution in [1.82, 2.24) is 0 Å². The van der Waals surface area contributed by atoms with Crippen LogP contribution in [0.2, 0.25) is 0 Å². The van der Waals surface area contributed by atoms with Gasteiger partial charge in [0, 0.05) is 35.2 Å². The Morgan fingerprint density at radius 1 is 1.47 bits per heavy atom. The number of nitrogens with one attached hydrogen (secondary N) is 1. The van der Waals surface area contributed by atoms with E-state index in [0.717, 1.165) is 16.2 Å². The van der Waals surface area contributed by atoms with E-state index < -0.39 is 0 Å². The molecule has 0 fully saturated rings. The van der Waals surface area contributed by atoms with E-state index in [9.17, 15) is 9.59 Å². The Kier molecular flexibility index (Phi) is 2.77. The zero-order valence-electron chi connectivity index (χ0n) is 8.37. The maximum Gasteiger partial charge on any atom is 0.221 e. The number of ketones is 1. The highest BCUT2D eigenvalue weighted by molar-refractivity contribution is 7.99. The first-order chi connectivity index (χ1) is 7.16. The van der Waals surface area contributed by atoms with Crippen molar-refractivity contribution in [2.24, 2.45) is 0 Å². The lowest BCUT2D eigenvalue weighted by molar-refractivity contribution is -0.114. The van der Waals surface area contributed by atoms with Crippen molar-refractivity contribution < 1.29 is 9.59 Å². The van der Waals surface area contributed by atoms with Gasteiger partial charge in [0.15, 0.2) is 5.78 Å². The molecule has 1 aromatic carbocycles. The molecule has 1 aliphatic rings. The maximum atomic E-state index is 11.6. The quantitative estimate of drug-likeness (QED) is 0.791. The van der Waals surface area contributed by atoms with Gasteiger partial charge in [0.25, 0.3) is 0 Å². The molecule has 0 radical (unpaired) electrons. The van der Waals surface area contributed by atoms with Gasteiger partial charge < -0.3 is 5.32 Å². The summed E-state index contributed by atoms with van der Waals surface area (Å²) in [4.78, 5) is 23.5. The largest absolute Gasteiger partial charge is 0.326 e. The van der Waals surface area contributed by atoms with Gasteiger partial charge in [-0.1, -0.05) is 0 Å². The highest BCUT2D eigenvalue weighted by Crippen LogP contribution is 2.31. The van der Waals surface area contributed by atoms with E-state index in [1.165, 1.54) is 6.92 Å². The Balaban J connectivity index is 2.35. The number of anilines is 1. The third kappa shape index (κ3) is 2.21. The third-order valence-corrected chi connectivity index (χ3v) is 3.26. The van der Waals surface area contributed by atoms with Crippen LogP contribution in [0.25, 0.3) is 0 Å². The second kappa shape index (κ2) is 4.06. The zero-order valence-corrected chi connectivity index (χ0v) is 9.19. The molecule has 15 heavy (non-hydrogen) atoms. The van der Waals surface area contributed by atoms with Crippen LogP contribution in [0.4, 0.5) is 5.69 Å². The van der Waals surface area contributed by atoms with Crippen molar-refractivity contribution in [3.05, 3.63) is 23.8 Å². The smallest absolute Gasteiger partial charge is 0.221 e. The molecule has 1 aromatic rings. The summed E-state index contributed by atoms with van der Waals surface area (Å²) in [6.07, 6.45) is 0.585. The summed E-state index contributed by atoms with van der Waals surface area (Å²) < 4.78 is 0. The van der Waals surface area contributed by atoms with Crippen LogP contribution in [0.3, 0.4) is 0 Å². The van der Waals surface area contributed by atoms with Crippen LogP contribution in [-0.4, -0.2) is 17.4 Å². The highest BCUT2D eigenvalue weighted by Gasteiger charge is 2.17. The number of thioether (sulfide) groups is 1. The van der Waals surface area contributed by atoms with Gasteiger partial charge in [0.1, 0.15) is 0 Å². The number of carbonyl (C=O) groups is 2. The SMILES string of the molecule is CC(=O)Nc1ccc2c(c1)C(=O)CCS2. The molecular formula is C11H11NO2S. The molecule has 0 saturated heterocycles. The van der Waals surface area contributed by atoms with Crippen LogP contribution in [0, 0.1) is 0 Å². The van der Waals surface area contributed by atoms with E-state index in [4.69, 9.17) is 0 Å². The molecule has 0 atom stereocenters. The molecule has 1 N–H and O–H groups in total. The fraction of sp³-hybridized carbons (Fsp3) is 0.273. The third-order valence-electron chi connectivity index (χ3n) is 2.19. The molecule has 1 amide bonds. The summed E-state index contributed by atoms with van der Waals surface area (Å²) in [5, 5.41) is 2.68. The van der Waals surface area contributed by atoms with Gasteiger partial charge in [-0.05, 0) is 18.2 Å². The lowest BCUT2D eigenvalue weighted by Gasteiger charge is -2.15. The molecule has 0 aliphatic carbocycles. The van der Waals surface area contributed by atoms with E-state index in [0.29, 0.717) is 12.1 Å². The van der Waals surface area contributed by atoms with Crippen LogP contribution in [-0.2, 0) is 4.79 Å². The summed E-state index contributed by atoms with van der Waals surface area (Å²) >= 11 is 1.69. The topological polar surface area (TPSA) is 46.2 Å². The van der Waals surface area contributed by atoms with Crippen molar-refractivity contribution in [2.45, 2.75) is 18.2 Å². The molecule has 1 heterocycles. The Morgan fingerprint density at radius 2 is 2.27 bits per heavy atom. The minimum absolute atomic E-state index is 0.120. The second-order valence-corrected chi connectivity index (χ2v) is 4.55. The predicted molar refractivity (Wildman–Crippen MR) is 60.4 cm³/mol. The normalized spacial score (nSPS) is 14.6. The van der Waals surface area contributed by atoms with E-state index in [2.05, 4.69) is 5.32 Å². The Bertz CT molecular complexity index is 429. The minimum Gasteiger partial charge on any atom is -0.326 e. The van der Waals surface area contributed by atoms with Crippen LogP contribution in [0.15, 0.2) is 23.1 Å². The number of hydrogen-bond acceptors (Lipinski definition) is 3. The number of rotatable bonds is 1. The number of benzene rings is 1. The van der Waals surface area contributed by atoms with Crippen LogP contribution in [0.1, 0.15) is 23.7 Å². The minimum atomic E-state index is -0.120. The van der Waals surface area contributed by atoms with E-state index in [1.807, 2.05) is 12.1 Å². The first-order valence-corrected chi connectivity index (χ1v) is 5.73. The number of hydrogen-bond donors (Lipinski definition) is 1. The van der Waals surface area contributed by atoms with Crippen molar-refractivity contribution >= 4 is 29.1 Å². The van der Waals surface area contributed by atoms with E-state index in [-0.39, 0.29) is 11.7 Å². The van der Waals surface area contributed by atoms with Crippen molar-refractivity contribution in [1.29, 1.82) is 0 Å². The monoisotopic (exact) mass is 221 g/mol. The molecule has 0 saturated carbocycles. The number of amides is 1. The molecule has 3 nitrogen and oxygen atoms in total. The van der Waals surface area contributed by atoms with Gasteiger partial charge in [0.2, 0.25) is 5.91 Å². The summed E-state index contributed by atoms with van der Waals surface area (Å²) in [5.41, 5.74) is 1.43. The number of fused-ring (bicyclic) bond motifs is 1. The molecule has 0 aromatic heterocycles. The van der Waals surface area contributed by atoms with Crippen molar-refractivity contribution in [3.8, 4) is 0 Å². The molecule has 1 aliphatic heterocycles. The first-order valence-electron chi connectivity index (χ1n) is 4.74. The van der Waals surface area contributed by atoms with Crippen molar-refractivity contribution in [2.75, 3.05) is 11.1 Å². The van der Waals surface area contributed by atoms with Gasteiger partial charge in [-0.3, -0.25) is 9.59 Å². The number of carbonyl (C=O) groups excluding carboxylic acids is 2. The summed E-state index contributed by atoms with van der Waals surface area (Å²) in [6.45, 7) is 1.45. The van der Waals surface area contributed by atoms with Gasteiger partial charge >= 0.3 is 0 Å². The van der Waals surface area contributed by atoms with E-state index in [1.54, 1.807) is 17.8 Å². The summed E-state index contributed by atoms with van der Waals surface area (Å²) in [7, 11) is 0. The average molecular weight is 221 g/mol. The Morgan fingerprint density at radius 3 is 3.00 bits per heavy atom. The lowest BCUT2D eigenvalue weighted by Crippen LogP contribution is -2.11. The van der Waals surface area contributed by atoms with E-state index >= 15 is 0 Å². The van der Waals surface area contributed by atoms with Gasteiger partial charge in [-0.25, -0.2) is 0 Å². The van der Waals surface area contributed by atoms with Crippen LogP contribution >= 0.6 is 11.8 Å². The molecule has 0 spiro atoms. The van der Waals surface area contributed by atoms with Gasteiger partial charge in [-0.2, -0.15) is 0 Å². The molecular weight excluding hydrogens is 210 g/mol. The first kappa shape index (κ1) is 10.2. The van der Waals surface area contributed by atoms with Crippen LogP contribution in [0.5, 0.6) is 0 Å². The molecule has 2 rings (SSSR count). The Hall–Kier alpha value is -1.29. The fourth-order valence-electron chi connectivity index (χ4n) is 1.54. The maximum absolute atomic E-state index is 11.6. The standard InChI is InChI=1S/C11H11NO2S/c1-7(13)12-8-2-3-11-9(6-8)10(14)4-5-15-11/h2-3,6H,4-5H2,1H3,(H,12,13). The van der Waals surface area contributed by atoms with Gasteiger partial charge in [0.05, 0.1) is 0 Å². The Labute approximate surface area is 92.2 Å². The molecule has 0 bridgehead atoms. The molecule has 0 unspecified atom stereocenters. The molecule has 4 heteroatoms.